The van der Waals surface area contributed by atoms with E-state index in [1.807, 2.05) is 0 Å². The van der Waals surface area contributed by atoms with Crippen LogP contribution in [0.15, 0.2) is 0 Å². The Hall–Kier alpha value is -0.530. The highest BCUT2D eigenvalue weighted by Crippen LogP contribution is 2.28. The Morgan fingerprint density at radius 3 is 1.94 bits per heavy atom. The van der Waals surface area contributed by atoms with E-state index in [0.29, 0.717) is 6.42 Å². The molecule has 0 atom stereocenters. The lowest BCUT2D eigenvalue weighted by atomic mass is 9.83. The SMILES string of the molecule is CCCCCCCCCCC(C)(C)CC(=O)OC. The molecule has 0 unspecified atom stereocenters. The molecule has 0 spiro atoms. The van der Waals surface area contributed by atoms with E-state index in [4.69, 9.17) is 4.74 Å². The van der Waals surface area contributed by atoms with Gasteiger partial charge in [-0.05, 0) is 11.8 Å². The van der Waals surface area contributed by atoms with Crippen LogP contribution in [-0.2, 0) is 9.53 Å². The molecule has 2 nitrogen and oxygen atoms in total. The topological polar surface area (TPSA) is 26.3 Å². The molecule has 0 saturated carbocycles. The van der Waals surface area contributed by atoms with Crippen LogP contribution in [0.4, 0.5) is 0 Å². The third-order valence-corrected chi connectivity index (χ3v) is 3.56. The molecule has 0 aliphatic carbocycles. The van der Waals surface area contributed by atoms with Crippen LogP contribution in [0.25, 0.3) is 0 Å². The minimum atomic E-state index is -0.0837. The Kier molecular flexibility index (Phi) is 10.1. The Morgan fingerprint density at radius 2 is 1.44 bits per heavy atom. The van der Waals surface area contributed by atoms with Crippen molar-refractivity contribution in [3.05, 3.63) is 0 Å². The summed E-state index contributed by atoms with van der Waals surface area (Å²) in [4.78, 5) is 11.2. The first-order valence-electron chi connectivity index (χ1n) is 7.58. The number of rotatable bonds is 11. The van der Waals surface area contributed by atoms with Gasteiger partial charge in [0.1, 0.15) is 0 Å². The number of unbranched alkanes of at least 4 members (excludes halogenated alkanes) is 7. The van der Waals surface area contributed by atoms with Crippen molar-refractivity contribution in [1.29, 1.82) is 0 Å². The molecule has 0 aromatic carbocycles. The molecule has 0 N–H and O–H groups in total. The minimum Gasteiger partial charge on any atom is -0.469 e. The second-order valence-electron chi connectivity index (χ2n) is 6.14. The summed E-state index contributed by atoms with van der Waals surface area (Å²) in [5.74, 6) is -0.0837. The standard InChI is InChI=1S/C16H32O2/c1-5-6-7-8-9-10-11-12-13-16(2,3)14-15(17)18-4/h5-14H2,1-4H3. The maximum atomic E-state index is 11.2. The zero-order chi connectivity index (χ0) is 13.9. The zero-order valence-corrected chi connectivity index (χ0v) is 12.9. The lowest BCUT2D eigenvalue weighted by Crippen LogP contribution is -2.18. The molecule has 0 saturated heterocycles. The van der Waals surface area contributed by atoms with E-state index < -0.39 is 0 Å². The summed E-state index contributed by atoms with van der Waals surface area (Å²) in [6.07, 6.45) is 12.4. The number of carbonyl (C=O) groups is 1. The molecule has 2 heteroatoms. The lowest BCUT2D eigenvalue weighted by Gasteiger charge is -2.22. The molecular weight excluding hydrogens is 224 g/mol. The van der Waals surface area contributed by atoms with E-state index >= 15 is 0 Å². The van der Waals surface area contributed by atoms with Gasteiger partial charge in [-0.2, -0.15) is 0 Å². The van der Waals surface area contributed by atoms with E-state index in [1.54, 1.807) is 0 Å². The molecule has 0 amide bonds. The predicted molar refractivity (Wildman–Crippen MR) is 77.6 cm³/mol. The Balaban J connectivity index is 3.44. The third kappa shape index (κ3) is 10.6. The fourth-order valence-electron chi connectivity index (χ4n) is 2.29. The van der Waals surface area contributed by atoms with Crippen LogP contribution in [0.5, 0.6) is 0 Å². The Labute approximate surface area is 113 Å². The monoisotopic (exact) mass is 256 g/mol. The maximum Gasteiger partial charge on any atom is 0.306 e. The smallest absolute Gasteiger partial charge is 0.306 e. The molecule has 0 rings (SSSR count). The fourth-order valence-corrected chi connectivity index (χ4v) is 2.29. The summed E-state index contributed by atoms with van der Waals surface area (Å²) in [5, 5.41) is 0. The van der Waals surface area contributed by atoms with Gasteiger partial charge in [-0.25, -0.2) is 0 Å². The molecule has 0 fully saturated rings. The van der Waals surface area contributed by atoms with Crippen LogP contribution >= 0.6 is 0 Å². The molecule has 18 heavy (non-hydrogen) atoms. The van der Waals surface area contributed by atoms with Crippen molar-refractivity contribution >= 4 is 5.97 Å². The van der Waals surface area contributed by atoms with Crippen LogP contribution in [-0.4, -0.2) is 13.1 Å². The largest absolute Gasteiger partial charge is 0.469 e. The minimum absolute atomic E-state index is 0.0837. The van der Waals surface area contributed by atoms with Gasteiger partial charge in [-0.3, -0.25) is 4.79 Å². The van der Waals surface area contributed by atoms with E-state index in [0.717, 1.165) is 6.42 Å². The number of esters is 1. The maximum absolute atomic E-state index is 11.2. The van der Waals surface area contributed by atoms with Crippen molar-refractivity contribution in [1.82, 2.24) is 0 Å². The molecule has 0 bridgehead atoms. The van der Waals surface area contributed by atoms with Gasteiger partial charge < -0.3 is 4.74 Å². The van der Waals surface area contributed by atoms with Gasteiger partial charge in [0, 0.05) is 0 Å². The van der Waals surface area contributed by atoms with Crippen LogP contribution < -0.4 is 0 Å². The third-order valence-electron chi connectivity index (χ3n) is 3.56. The molecule has 0 aromatic rings. The van der Waals surface area contributed by atoms with Gasteiger partial charge in [0.15, 0.2) is 0 Å². The first-order valence-corrected chi connectivity index (χ1v) is 7.58. The summed E-state index contributed by atoms with van der Waals surface area (Å²) in [5.41, 5.74) is 0.0926. The summed E-state index contributed by atoms with van der Waals surface area (Å²) in [7, 11) is 1.47. The van der Waals surface area contributed by atoms with Gasteiger partial charge in [-0.1, -0.05) is 72.1 Å². The first-order chi connectivity index (χ1) is 8.52. The van der Waals surface area contributed by atoms with E-state index in [1.165, 1.54) is 58.5 Å². The van der Waals surface area contributed by atoms with Crippen LogP contribution in [0.2, 0.25) is 0 Å². The van der Waals surface area contributed by atoms with Gasteiger partial charge >= 0.3 is 5.97 Å². The second-order valence-corrected chi connectivity index (χ2v) is 6.14. The highest BCUT2D eigenvalue weighted by molar-refractivity contribution is 5.69. The second kappa shape index (κ2) is 10.4. The number of hydrogen-bond donors (Lipinski definition) is 0. The molecule has 0 radical (unpaired) electrons. The molecule has 0 aliphatic rings. The van der Waals surface area contributed by atoms with Gasteiger partial charge in [0.05, 0.1) is 13.5 Å². The normalized spacial score (nSPS) is 11.6. The number of carbonyl (C=O) groups excluding carboxylic acids is 1. The molecule has 0 aliphatic heterocycles. The molecular formula is C16H32O2. The van der Waals surface area contributed by atoms with Crippen LogP contribution in [0.1, 0.15) is 85.0 Å². The van der Waals surface area contributed by atoms with Crippen molar-refractivity contribution in [3.8, 4) is 0 Å². The molecule has 0 heterocycles. The van der Waals surface area contributed by atoms with Crippen molar-refractivity contribution in [2.75, 3.05) is 7.11 Å². The van der Waals surface area contributed by atoms with Crippen molar-refractivity contribution < 1.29 is 9.53 Å². The van der Waals surface area contributed by atoms with Crippen molar-refractivity contribution in [2.45, 2.75) is 85.0 Å². The lowest BCUT2D eigenvalue weighted by molar-refractivity contribution is -0.143. The average Bonchev–Trinajstić information content (AvgIpc) is 2.31. The fraction of sp³-hybridized carbons (Fsp3) is 0.938. The van der Waals surface area contributed by atoms with Crippen LogP contribution in [0, 0.1) is 5.41 Å². The van der Waals surface area contributed by atoms with Crippen molar-refractivity contribution in [3.63, 3.8) is 0 Å². The Morgan fingerprint density at radius 1 is 0.944 bits per heavy atom. The van der Waals surface area contributed by atoms with Gasteiger partial charge in [0.25, 0.3) is 0 Å². The van der Waals surface area contributed by atoms with Crippen molar-refractivity contribution in [2.24, 2.45) is 5.41 Å². The van der Waals surface area contributed by atoms with Crippen LogP contribution in [0.3, 0.4) is 0 Å². The number of methoxy groups -OCH3 is 1. The average molecular weight is 256 g/mol. The zero-order valence-electron chi connectivity index (χ0n) is 12.9. The summed E-state index contributed by atoms with van der Waals surface area (Å²) in [6, 6.07) is 0. The quantitative estimate of drug-likeness (QED) is 0.379. The first kappa shape index (κ1) is 17.5. The summed E-state index contributed by atoms with van der Waals surface area (Å²) < 4.78 is 4.73. The van der Waals surface area contributed by atoms with Gasteiger partial charge in [0.2, 0.25) is 0 Å². The van der Waals surface area contributed by atoms with Gasteiger partial charge in [-0.15, -0.1) is 0 Å². The predicted octanol–water partition coefficient (Wildman–Crippen LogP) is 5.11. The Bertz CT molecular complexity index is 209. The number of hydrogen-bond acceptors (Lipinski definition) is 2. The van der Waals surface area contributed by atoms with E-state index in [2.05, 4.69) is 20.8 Å². The molecule has 108 valence electrons. The number of ether oxygens (including phenoxy) is 1. The highest BCUT2D eigenvalue weighted by atomic mass is 16.5. The molecule has 0 aromatic heterocycles. The summed E-state index contributed by atoms with van der Waals surface area (Å²) in [6.45, 7) is 6.57. The van der Waals surface area contributed by atoms with E-state index in [-0.39, 0.29) is 11.4 Å². The van der Waals surface area contributed by atoms with E-state index in [9.17, 15) is 4.79 Å². The highest BCUT2D eigenvalue weighted by Gasteiger charge is 2.21. The summed E-state index contributed by atoms with van der Waals surface area (Å²) >= 11 is 0.